The number of para-hydroxylation sites is 1. The van der Waals surface area contributed by atoms with Gasteiger partial charge in [-0.15, -0.1) is 0 Å². The molecule has 1 unspecified atom stereocenters. The minimum Gasteiger partial charge on any atom is -0.507 e. The number of hydrogen-bond acceptors (Lipinski definition) is 3. The molecule has 5 nitrogen and oxygen atoms in total. The molecule has 0 amide bonds. The number of hydrazone groups is 1. The Balaban J connectivity index is 2.21. The lowest BCUT2D eigenvalue weighted by atomic mass is 9.99. The van der Waals surface area contributed by atoms with Crippen LogP contribution < -0.4 is 5.73 Å². The Kier molecular flexibility index (Phi) is 4.06. The Hall–Kier alpha value is -2.25. The highest BCUT2D eigenvalue weighted by atomic mass is 19.4. The van der Waals surface area contributed by atoms with Crippen molar-refractivity contribution in [1.29, 1.82) is 0 Å². The zero-order valence-electron chi connectivity index (χ0n) is 11.3. The standard InChI is InChI=1S/C13H15F3N4O/c1-8-6-20(12(17)18-7-13(14,15)16)19-11(8)9-4-2-3-5-10(9)21/h2-5,8,21H,6-7H2,1H3,(H2,17,18). The van der Waals surface area contributed by atoms with Crippen LogP contribution in [0, 0.1) is 5.92 Å². The maximum Gasteiger partial charge on any atom is 0.408 e. The first-order valence-corrected chi connectivity index (χ1v) is 6.29. The van der Waals surface area contributed by atoms with Crippen LogP contribution in [-0.2, 0) is 0 Å². The number of nitrogens with zero attached hydrogens (tertiary/aromatic N) is 3. The molecule has 1 aliphatic heterocycles. The van der Waals surface area contributed by atoms with E-state index in [4.69, 9.17) is 5.73 Å². The maximum absolute atomic E-state index is 12.1. The van der Waals surface area contributed by atoms with Crippen LogP contribution in [0.2, 0.25) is 0 Å². The first-order valence-electron chi connectivity index (χ1n) is 6.29. The SMILES string of the molecule is CC1CN(C(N)=NCC(F)(F)F)N=C1c1ccccc1O. The van der Waals surface area contributed by atoms with E-state index >= 15 is 0 Å². The normalized spacial score (nSPS) is 19.8. The van der Waals surface area contributed by atoms with Crippen molar-refractivity contribution in [2.45, 2.75) is 13.1 Å². The van der Waals surface area contributed by atoms with E-state index in [9.17, 15) is 18.3 Å². The van der Waals surface area contributed by atoms with Gasteiger partial charge in [0.05, 0.1) is 12.3 Å². The van der Waals surface area contributed by atoms with Gasteiger partial charge in [0.2, 0.25) is 5.96 Å². The molecule has 1 aromatic carbocycles. The molecule has 0 radical (unpaired) electrons. The lowest BCUT2D eigenvalue weighted by molar-refractivity contribution is -0.118. The predicted molar refractivity (Wildman–Crippen MR) is 73.1 cm³/mol. The third kappa shape index (κ3) is 3.65. The zero-order valence-corrected chi connectivity index (χ0v) is 11.3. The van der Waals surface area contributed by atoms with Crippen LogP contribution in [0.5, 0.6) is 5.75 Å². The second kappa shape index (κ2) is 5.63. The lowest BCUT2D eigenvalue weighted by Crippen LogP contribution is -2.34. The van der Waals surface area contributed by atoms with Gasteiger partial charge in [-0.05, 0) is 12.1 Å². The van der Waals surface area contributed by atoms with Gasteiger partial charge in [0.25, 0.3) is 0 Å². The second-order valence-corrected chi connectivity index (χ2v) is 4.78. The molecule has 1 atom stereocenters. The highest BCUT2D eigenvalue weighted by molar-refractivity contribution is 6.06. The molecule has 114 valence electrons. The fourth-order valence-corrected chi connectivity index (χ4v) is 2.02. The Labute approximate surface area is 119 Å². The van der Waals surface area contributed by atoms with Gasteiger partial charge >= 0.3 is 6.18 Å². The molecular formula is C13H15F3N4O. The minimum atomic E-state index is -4.40. The van der Waals surface area contributed by atoms with E-state index in [-0.39, 0.29) is 17.6 Å². The van der Waals surface area contributed by atoms with Crippen LogP contribution in [0.1, 0.15) is 12.5 Å². The Morgan fingerprint density at radius 1 is 1.48 bits per heavy atom. The Morgan fingerprint density at radius 3 is 2.76 bits per heavy atom. The lowest BCUT2D eigenvalue weighted by Gasteiger charge is -2.13. The van der Waals surface area contributed by atoms with E-state index in [0.717, 1.165) is 0 Å². The average molecular weight is 300 g/mol. The molecule has 0 aliphatic carbocycles. The molecule has 1 aromatic rings. The van der Waals surface area contributed by atoms with Gasteiger partial charge < -0.3 is 10.8 Å². The van der Waals surface area contributed by atoms with Crippen molar-refractivity contribution in [2.24, 2.45) is 21.7 Å². The zero-order chi connectivity index (χ0) is 15.6. The van der Waals surface area contributed by atoms with Crippen LogP contribution in [0.4, 0.5) is 13.2 Å². The van der Waals surface area contributed by atoms with Crippen molar-refractivity contribution in [3.8, 4) is 5.75 Å². The Bertz CT molecular complexity index is 583. The topological polar surface area (TPSA) is 74.2 Å². The number of rotatable bonds is 2. The molecule has 1 heterocycles. The number of nitrogens with two attached hydrogens (primary N) is 1. The molecule has 21 heavy (non-hydrogen) atoms. The van der Waals surface area contributed by atoms with E-state index in [1.807, 2.05) is 6.92 Å². The van der Waals surface area contributed by atoms with Crippen molar-refractivity contribution < 1.29 is 18.3 Å². The molecular weight excluding hydrogens is 285 g/mol. The molecule has 8 heteroatoms. The van der Waals surface area contributed by atoms with Crippen molar-refractivity contribution in [2.75, 3.05) is 13.1 Å². The predicted octanol–water partition coefficient (Wildman–Crippen LogP) is 1.93. The average Bonchev–Trinajstić information content (AvgIpc) is 2.78. The van der Waals surface area contributed by atoms with Gasteiger partial charge in [0.1, 0.15) is 12.3 Å². The fraction of sp³-hybridized carbons (Fsp3) is 0.385. The third-order valence-electron chi connectivity index (χ3n) is 3.01. The third-order valence-corrected chi connectivity index (χ3v) is 3.01. The maximum atomic E-state index is 12.1. The largest absolute Gasteiger partial charge is 0.507 e. The van der Waals surface area contributed by atoms with Crippen LogP contribution in [-0.4, -0.2) is 41.1 Å². The Morgan fingerprint density at radius 2 is 2.14 bits per heavy atom. The summed E-state index contributed by atoms with van der Waals surface area (Å²) < 4.78 is 36.4. The number of aliphatic imine (C=N–C) groups is 1. The van der Waals surface area contributed by atoms with Gasteiger partial charge in [0, 0.05) is 11.5 Å². The number of phenolic OH excluding ortho intramolecular Hbond substituents is 1. The molecule has 3 N–H and O–H groups in total. The molecule has 1 aliphatic rings. The number of hydrogen-bond donors (Lipinski definition) is 2. The van der Waals surface area contributed by atoms with E-state index in [0.29, 0.717) is 17.8 Å². The minimum absolute atomic E-state index is 0.0655. The number of phenols is 1. The van der Waals surface area contributed by atoms with E-state index < -0.39 is 12.7 Å². The molecule has 0 bridgehead atoms. The van der Waals surface area contributed by atoms with Crippen LogP contribution >= 0.6 is 0 Å². The summed E-state index contributed by atoms with van der Waals surface area (Å²) >= 11 is 0. The summed E-state index contributed by atoms with van der Waals surface area (Å²) in [7, 11) is 0. The summed E-state index contributed by atoms with van der Waals surface area (Å²) in [5, 5.41) is 15.2. The number of aromatic hydroxyl groups is 1. The van der Waals surface area contributed by atoms with Gasteiger partial charge in [-0.1, -0.05) is 19.1 Å². The van der Waals surface area contributed by atoms with Crippen LogP contribution in [0.3, 0.4) is 0 Å². The summed E-state index contributed by atoms with van der Waals surface area (Å²) in [5.41, 5.74) is 6.64. The summed E-state index contributed by atoms with van der Waals surface area (Å²) in [5.74, 6) is -0.307. The van der Waals surface area contributed by atoms with Crippen LogP contribution in [0.15, 0.2) is 34.4 Å². The first kappa shape index (κ1) is 15.1. The second-order valence-electron chi connectivity index (χ2n) is 4.78. The number of benzene rings is 1. The molecule has 2 rings (SSSR count). The van der Waals surface area contributed by atoms with Crippen molar-refractivity contribution in [3.63, 3.8) is 0 Å². The van der Waals surface area contributed by atoms with Gasteiger partial charge in [-0.3, -0.25) is 0 Å². The van der Waals surface area contributed by atoms with E-state index in [1.54, 1.807) is 18.2 Å². The summed E-state index contributed by atoms with van der Waals surface area (Å²) in [6.45, 7) is 0.824. The van der Waals surface area contributed by atoms with E-state index in [2.05, 4.69) is 10.1 Å². The quantitative estimate of drug-likeness (QED) is 0.647. The molecule has 0 saturated carbocycles. The highest BCUT2D eigenvalue weighted by Crippen LogP contribution is 2.25. The van der Waals surface area contributed by atoms with Crippen molar-refractivity contribution in [3.05, 3.63) is 29.8 Å². The summed E-state index contributed by atoms with van der Waals surface area (Å²) in [4.78, 5) is 3.29. The molecule has 0 spiro atoms. The fourth-order valence-electron chi connectivity index (χ4n) is 2.02. The smallest absolute Gasteiger partial charge is 0.408 e. The van der Waals surface area contributed by atoms with E-state index in [1.165, 1.54) is 11.1 Å². The van der Waals surface area contributed by atoms with Crippen molar-refractivity contribution >= 4 is 11.7 Å². The van der Waals surface area contributed by atoms with Crippen molar-refractivity contribution in [1.82, 2.24) is 5.01 Å². The monoisotopic (exact) mass is 300 g/mol. The first-order chi connectivity index (χ1) is 9.78. The molecule has 0 aromatic heterocycles. The highest BCUT2D eigenvalue weighted by Gasteiger charge is 2.30. The number of halogens is 3. The molecule has 0 saturated heterocycles. The van der Waals surface area contributed by atoms with Gasteiger partial charge in [0.15, 0.2) is 0 Å². The summed E-state index contributed by atoms with van der Waals surface area (Å²) in [6, 6.07) is 6.63. The summed E-state index contributed by atoms with van der Waals surface area (Å²) in [6.07, 6.45) is -4.40. The van der Waals surface area contributed by atoms with Gasteiger partial charge in [-0.2, -0.15) is 18.3 Å². The molecule has 0 fully saturated rings. The van der Waals surface area contributed by atoms with Crippen LogP contribution in [0.25, 0.3) is 0 Å². The number of guanidine groups is 1. The number of alkyl halides is 3. The van der Waals surface area contributed by atoms with Gasteiger partial charge in [-0.25, -0.2) is 10.0 Å².